The Hall–Kier alpha value is -3.14. The van der Waals surface area contributed by atoms with Gasteiger partial charge in [-0.15, -0.1) is 0 Å². The number of hydrogen-bond acceptors (Lipinski definition) is 4. The van der Waals surface area contributed by atoms with Crippen LogP contribution in [0.25, 0.3) is 0 Å². The number of piperidine rings is 1. The van der Waals surface area contributed by atoms with Crippen LogP contribution >= 0.6 is 0 Å². The Morgan fingerprint density at radius 1 is 0.892 bits per heavy atom. The molecule has 2 aromatic carbocycles. The summed E-state index contributed by atoms with van der Waals surface area (Å²) in [6, 6.07) is 10.7. The summed E-state index contributed by atoms with van der Waals surface area (Å²) in [4.78, 5) is 30.6. The van der Waals surface area contributed by atoms with E-state index in [0.29, 0.717) is 19.5 Å². The molecule has 2 saturated heterocycles. The van der Waals surface area contributed by atoms with Crippen molar-refractivity contribution in [2.45, 2.75) is 25.4 Å². The van der Waals surface area contributed by atoms with Gasteiger partial charge in [0.25, 0.3) is 5.91 Å². The topological polar surface area (TPSA) is 64.1 Å². The number of aliphatic carboxylic acids is 1. The van der Waals surface area contributed by atoms with Crippen LogP contribution in [0.5, 0.6) is 0 Å². The average molecular weight is 522 g/mol. The average Bonchev–Trinajstić information content (AvgIpc) is 2.88. The van der Waals surface area contributed by atoms with Crippen LogP contribution in [0, 0.1) is 17.7 Å². The second-order valence-electron chi connectivity index (χ2n) is 9.83. The molecule has 0 radical (unpaired) electrons. The van der Waals surface area contributed by atoms with Gasteiger partial charge < -0.3 is 14.9 Å². The second kappa shape index (κ2) is 11.5. The minimum absolute atomic E-state index is 0.0154. The van der Waals surface area contributed by atoms with Crippen LogP contribution in [0.3, 0.4) is 0 Å². The molecule has 2 unspecified atom stereocenters. The van der Waals surface area contributed by atoms with Gasteiger partial charge in [0, 0.05) is 56.9 Å². The fraction of sp³-hybridized carbons (Fsp3) is 0.481. The lowest BCUT2D eigenvalue weighted by molar-refractivity contribution is -0.139. The van der Waals surface area contributed by atoms with E-state index in [2.05, 4.69) is 9.80 Å². The number of halogens is 4. The monoisotopic (exact) mass is 521 g/mol. The van der Waals surface area contributed by atoms with Crippen molar-refractivity contribution < 1.29 is 32.3 Å². The maximum Gasteiger partial charge on any atom is 0.416 e. The third kappa shape index (κ3) is 7.00. The van der Waals surface area contributed by atoms with Gasteiger partial charge in [0.1, 0.15) is 5.82 Å². The lowest BCUT2D eigenvalue weighted by Crippen LogP contribution is -2.48. The minimum Gasteiger partial charge on any atom is -0.481 e. The molecule has 2 heterocycles. The van der Waals surface area contributed by atoms with Crippen molar-refractivity contribution in [3.8, 4) is 0 Å². The predicted molar refractivity (Wildman–Crippen MR) is 131 cm³/mol. The molecule has 2 aliphatic heterocycles. The molecule has 37 heavy (non-hydrogen) atoms. The summed E-state index contributed by atoms with van der Waals surface area (Å²) in [5.74, 6) is -1.55. The molecule has 6 nitrogen and oxygen atoms in total. The Bertz CT molecular complexity index is 1070. The van der Waals surface area contributed by atoms with Crippen molar-refractivity contribution in [1.82, 2.24) is 9.80 Å². The number of carbonyl (C=O) groups is 2. The molecule has 10 heteroatoms. The molecular formula is C27H31F4N3O3. The second-order valence-corrected chi connectivity index (χ2v) is 9.83. The number of carboxylic acids is 1. The fourth-order valence-corrected chi connectivity index (χ4v) is 5.30. The number of rotatable bonds is 7. The van der Waals surface area contributed by atoms with E-state index in [1.165, 1.54) is 24.3 Å². The molecule has 0 spiro atoms. The van der Waals surface area contributed by atoms with Crippen LogP contribution in [0.1, 0.15) is 35.2 Å². The number of benzene rings is 2. The highest BCUT2D eigenvalue weighted by molar-refractivity contribution is 5.94. The quantitative estimate of drug-likeness (QED) is 0.540. The molecular weight excluding hydrogens is 490 g/mol. The maximum atomic E-state index is 13.2. The number of hydrogen-bond donors (Lipinski definition) is 1. The number of alkyl halides is 3. The van der Waals surface area contributed by atoms with Crippen LogP contribution in [0.2, 0.25) is 0 Å². The zero-order chi connectivity index (χ0) is 26.6. The van der Waals surface area contributed by atoms with Gasteiger partial charge in [-0.2, -0.15) is 13.2 Å². The van der Waals surface area contributed by atoms with E-state index in [4.69, 9.17) is 0 Å². The van der Waals surface area contributed by atoms with Gasteiger partial charge in [0.05, 0.1) is 5.56 Å². The summed E-state index contributed by atoms with van der Waals surface area (Å²) < 4.78 is 51.8. The lowest BCUT2D eigenvalue weighted by atomic mass is 9.81. The van der Waals surface area contributed by atoms with Gasteiger partial charge in [-0.1, -0.05) is 0 Å². The molecule has 2 aliphatic rings. The van der Waals surface area contributed by atoms with Crippen LogP contribution in [-0.2, 0) is 11.0 Å². The van der Waals surface area contributed by atoms with E-state index < -0.39 is 17.7 Å². The smallest absolute Gasteiger partial charge is 0.416 e. The van der Waals surface area contributed by atoms with E-state index in [-0.39, 0.29) is 35.5 Å². The zero-order valence-corrected chi connectivity index (χ0v) is 20.5. The van der Waals surface area contributed by atoms with Crippen molar-refractivity contribution in [3.05, 3.63) is 65.5 Å². The van der Waals surface area contributed by atoms with Gasteiger partial charge >= 0.3 is 12.1 Å². The number of amides is 1. The molecule has 0 aromatic heterocycles. The van der Waals surface area contributed by atoms with E-state index in [1.807, 2.05) is 0 Å². The molecule has 2 aromatic rings. The molecule has 2 atom stereocenters. The van der Waals surface area contributed by atoms with E-state index in [9.17, 15) is 32.3 Å². The van der Waals surface area contributed by atoms with Gasteiger partial charge in [-0.05, 0) is 79.8 Å². The predicted octanol–water partition coefficient (Wildman–Crippen LogP) is 4.61. The van der Waals surface area contributed by atoms with Crippen molar-refractivity contribution >= 4 is 17.6 Å². The third-order valence-corrected chi connectivity index (χ3v) is 7.45. The minimum atomic E-state index is -4.47. The normalized spacial score (nSPS) is 21.2. The summed E-state index contributed by atoms with van der Waals surface area (Å²) in [6.07, 6.45) is -3.16. The number of likely N-dealkylation sites (tertiary alicyclic amines) is 1. The Balaban J connectivity index is 1.34. The van der Waals surface area contributed by atoms with Gasteiger partial charge in [0.15, 0.2) is 0 Å². The SMILES string of the molecule is O=C(O)CC1CCN(C(=O)c2ccc(C(F)(F)F)cc2)CC1CCN1CCN(c2ccc(F)cc2)CC1. The van der Waals surface area contributed by atoms with Crippen molar-refractivity contribution in [1.29, 1.82) is 0 Å². The largest absolute Gasteiger partial charge is 0.481 e. The van der Waals surface area contributed by atoms with Crippen LogP contribution in [0.15, 0.2) is 48.5 Å². The Morgan fingerprint density at radius 2 is 1.54 bits per heavy atom. The summed E-state index contributed by atoms with van der Waals surface area (Å²) in [5, 5.41) is 9.39. The number of nitrogens with zero attached hydrogens (tertiary/aromatic N) is 3. The summed E-state index contributed by atoms with van der Waals surface area (Å²) in [7, 11) is 0. The molecule has 1 amide bonds. The van der Waals surface area contributed by atoms with Gasteiger partial charge in [-0.3, -0.25) is 14.5 Å². The van der Waals surface area contributed by atoms with Gasteiger partial charge in [-0.25, -0.2) is 4.39 Å². The first-order valence-corrected chi connectivity index (χ1v) is 12.5. The molecule has 2 fully saturated rings. The molecule has 200 valence electrons. The Morgan fingerprint density at radius 3 is 2.14 bits per heavy atom. The number of anilines is 1. The molecule has 0 saturated carbocycles. The first-order chi connectivity index (χ1) is 17.6. The summed E-state index contributed by atoms with van der Waals surface area (Å²) in [6.45, 7) is 4.77. The highest BCUT2D eigenvalue weighted by Gasteiger charge is 2.34. The first-order valence-electron chi connectivity index (χ1n) is 12.5. The number of carboxylic acid groups (broad SMARTS) is 1. The van der Waals surface area contributed by atoms with Gasteiger partial charge in [0.2, 0.25) is 0 Å². The summed E-state index contributed by atoms with van der Waals surface area (Å²) in [5.41, 5.74) is 0.370. The summed E-state index contributed by atoms with van der Waals surface area (Å²) >= 11 is 0. The Labute approximate surface area is 213 Å². The fourth-order valence-electron chi connectivity index (χ4n) is 5.30. The molecule has 4 rings (SSSR count). The molecule has 0 bridgehead atoms. The van der Waals surface area contributed by atoms with E-state index >= 15 is 0 Å². The maximum absolute atomic E-state index is 13.2. The lowest BCUT2D eigenvalue weighted by Gasteiger charge is -2.40. The highest BCUT2D eigenvalue weighted by atomic mass is 19.4. The Kier molecular flexibility index (Phi) is 8.36. The van der Waals surface area contributed by atoms with E-state index in [0.717, 1.165) is 57.0 Å². The van der Waals surface area contributed by atoms with Crippen LogP contribution < -0.4 is 4.90 Å². The molecule has 0 aliphatic carbocycles. The van der Waals surface area contributed by atoms with Crippen LogP contribution in [0.4, 0.5) is 23.2 Å². The number of piperazine rings is 1. The van der Waals surface area contributed by atoms with Crippen LogP contribution in [-0.4, -0.2) is 72.6 Å². The number of carbonyl (C=O) groups excluding carboxylic acids is 1. The zero-order valence-electron chi connectivity index (χ0n) is 20.5. The highest BCUT2D eigenvalue weighted by Crippen LogP contribution is 2.32. The molecule has 1 N–H and O–H groups in total. The first kappa shape index (κ1) is 26.9. The standard InChI is InChI=1S/C27H31F4N3O3/c28-23-5-7-24(8-6-23)33-15-13-32(14-16-33)11-9-21-18-34(12-10-20(21)17-25(35)36)26(37)19-1-3-22(4-2-19)27(29,30)31/h1-8,20-21H,9-18H2,(H,35,36). The van der Waals surface area contributed by atoms with Crippen molar-refractivity contribution in [2.75, 3.05) is 50.7 Å². The van der Waals surface area contributed by atoms with E-state index in [1.54, 1.807) is 17.0 Å². The van der Waals surface area contributed by atoms with Crippen molar-refractivity contribution in [2.24, 2.45) is 11.8 Å². The van der Waals surface area contributed by atoms with Crippen molar-refractivity contribution in [3.63, 3.8) is 0 Å². The third-order valence-electron chi connectivity index (χ3n) is 7.45.